The van der Waals surface area contributed by atoms with Crippen molar-refractivity contribution in [1.82, 2.24) is 29.5 Å². The summed E-state index contributed by atoms with van der Waals surface area (Å²) in [7, 11) is 0. The molecular weight excluding hydrogens is 523 g/mol. The summed E-state index contributed by atoms with van der Waals surface area (Å²) in [5.74, 6) is 1.17. The molecule has 1 aliphatic rings. The summed E-state index contributed by atoms with van der Waals surface area (Å²) in [6, 6.07) is 13.0. The Hall–Kier alpha value is -4.78. The lowest BCUT2D eigenvalue weighted by atomic mass is 10.1. The first-order valence-electron chi connectivity index (χ1n) is 12.5. The van der Waals surface area contributed by atoms with Crippen molar-refractivity contribution in [2.45, 2.75) is 12.7 Å². The van der Waals surface area contributed by atoms with Crippen LogP contribution >= 0.6 is 0 Å². The minimum absolute atomic E-state index is 0.259. The zero-order valence-electron chi connectivity index (χ0n) is 21.1. The van der Waals surface area contributed by atoms with Crippen molar-refractivity contribution in [3.63, 3.8) is 0 Å². The molecule has 2 aromatic carbocycles. The van der Waals surface area contributed by atoms with Gasteiger partial charge in [0.15, 0.2) is 22.8 Å². The summed E-state index contributed by atoms with van der Waals surface area (Å²) < 4.78 is 46.2. The summed E-state index contributed by atoms with van der Waals surface area (Å²) >= 11 is 0. The molecule has 0 radical (unpaired) electrons. The molecule has 1 aliphatic heterocycles. The van der Waals surface area contributed by atoms with Crippen LogP contribution in [0.3, 0.4) is 0 Å². The molecule has 0 amide bonds. The molecule has 204 valence electrons. The molecule has 1 saturated heterocycles. The number of benzene rings is 2. The largest absolute Gasteiger partial charge is 0.416 e. The minimum atomic E-state index is -4.39. The van der Waals surface area contributed by atoms with Gasteiger partial charge in [0.2, 0.25) is 5.95 Å². The Morgan fingerprint density at radius 2 is 1.65 bits per heavy atom. The Bertz CT molecular complexity index is 1580. The van der Waals surface area contributed by atoms with Crippen LogP contribution in [0.4, 0.5) is 42.1 Å². The van der Waals surface area contributed by atoms with Crippen molar-refractivity contribution in [3.8, 4) is 0 Å². The van der Waals surface area contributed by atoms with Crippen LogP contribution in [0.1, 0.15) is 11.1 Å². The van der Waals surface area contributed by atoms with Gasteiger partial charge in [0.25, 0.3) is 0 Å². The molecular formula is C27H24F3N9O. The Balaban J connectivity index is 1.31. The highest BCUT2D eigenvalue weighted by molar-refractivity contribution is 5.87. The molecule has 10 nitrogen and oxygen atoms in total. The number of hydrogen-bond donors (Lipinski definition) is 2. The summed E-state index contributed by atoms with van der Waals surface area (Å²) in [5.41, 5.74) is 2.88. The van der Waals surface area contributed by atoms with E-state index in [0.717, 1.165) is 36.6 Å². The second-order valence-corrected chi connectivity index (χ2v) is 9.12. The van der Waals surface area contributed by atoms with Crippen LogP contribution in [-0.4, -0.2) is 55.8 Å². The van der Waals surface area contributed by atoms with Crippen molar-refractivity contribution in [2.75, 3.05) is 41.8 Å². The quantitative estimate of drug-likeness (QED) is 0.291. The number of hydrogen-bond acceptors (Lipinski definition) is 9. The first-order chi connectivity index (χ1) is 19.4. The predicted octanol–water partition coefficient (Wildman–Crippen LogP) is 5.01. The molecule has 3 aromatic heterocycles. The Labute approximate surface area is 226 Å². The fourth-order valence-corrected chi connectivity index (χ4v) is 4.39. The zero-order chi connectivity index (χ0) is 27.5. The SMILES string of the molecule is FC(F)(F)c1ccc(Cn2cnc3c(Nc4ccc(N5CCOCC5)cc4)nc(Nc4cnccn4)nc32)cc1. The number of fused-ring (bicyclic) bond motifs is 1. The van der Waals surface area contributed by atoms with E-state index in [1.54, 1.807) is 29.5 Å². The lowest BCUT2D eigenvalue weighted by molar-refractivity contribution is -0.137. The van der Waals surface area contributed by atoms with E-state index >= 15 is 0 Å². The predicted molar refractivity (Wildman–Crippen MR) is 144 cm³/mol. The van der Waals surface area contributed by atoms with Crippen molar-refractivity contribution in [1.29, 1.82) is 0 Å². The van der Waals surface area contributed by atoms with E-state index in [9.17, 15) is 13.2 Å². The minimum Gasteiger partial charge on any atom is -0.378 e. The van der Waals surface area contributed by atoms with Crippen molar-refractivity contribution in [3.05, 3.63) is 84.6 Å². The fourth-order valence-electron chi connectivity index (χ4n) is 4.39. The molecule has 0 atom stereocenters. The van der Waals surface area contributed by atoms with Crippen LogP contribution in [0.2, 0.25) is 0 Å². The number of alkyl halides is 3. The third-order valence-electron chi connectivity index (χ3n) is 6.41. The molecule has 1 fully saturated rings. The van der Waals surface area contributed by atoms with Gasteiger partial charge < -0.3 is 24.8 Å². The van der Waals surface area contributed by atoms with Crippen LogP contribution in [-0.2, 0) is 17.5 Å². The third-order valence-corrected chi connectivity index (χ3v) is 6.41. The topological polar surface area (TPSA) is 106 Å². The van der Waals surface area contributed by atoms with Gasteiger partial charge in [-0.05, 0) is 42.0 Å². The average molecular weight is 548 g/mol. The van der Waals surface area contributed by atoms with E-state index in [1.165, 1.54) is 12.1 Å². The lowest BCUT2D eigenvalue weighted by Gasteiger charge is -2.28. The average Bonchev–Trinajstić information content (AvgIpc) is 3.37. The highest BCUT2D eigenvalue weighted by atomic mass is 19.4. The standard InChI is InChI=1S/C27H24F3N9O/c28-27(29,30)19-3-1-18(2-4-19)16-39-17-33-23-24(36-26(37-25(23)39)35-22-15-31-9-10-32-22)34-20-5-7-21(8-6-20)38-11-13-40-14-12-38/h1-10,15,17H,11-14,16H2,(H2,32,34,35,36,37). The molecule has 0 unspecified atom stereocenters. The Morgan fingerprint density at radius 3 is 2.35 bits per heavy atom. The van der Waals surface area contributed by atoms with Crippen molar-refractivity contribution < 1.29 is 17.9 Å². The fraction of sp³-hybridized carbons (Fsp3) is 0.222. The van der Waals surface area contributed by atoms with E-state index in [0.29, 0.717) is 41.6 Å². The number of anilines is 5. The first-order valence-corrected chi connectivity index (χ1v) is 12.5. The molecule has 0 spiro atoms. The van der Waals surface area contributed by atoms with E-state index in [4.69, 9.17) is 4.74 Å². The van der Waals surface area contributed by atoms with Gasteiger partial charge >= 0.3 is 6.18 Å². The van der Waals surface area contributed by atoms with Gasteiger partial charge in [0.1, 0.15) is 0 Å². The van der Waals surface area contributed by atoms with Crippen LogP contribution < -0.4 is 15.5 Å². The highest BCUT2D eigenvalue weighted by Gasteiger charge is 2.30. The maximum atomic E-state index is 13.0. The first kappa shape index (κ1) is 25.5. The van der Waals surface area contributed by atoms with Gasteiger partial charge in [-0.3, -0.25) is 4.98 Å². The molecule has 40 heavy (non-hydrogen) atoms. The van der Waals surface area contributed by atoms with Crippen molar-refractivity contribution in [2.24, 2.45) is 0 Å². The maximum Gasteiger partial charge on any atom is 0.416 e. The third kappa shape index (κ3) is 5.64. The van der Waals surface area contributed by atoms with Crippen LogP contribution in [0.5, 0.6) is 0 Å². The molecule has 5 aromatic rings. The number of ether oxygens (including phenoxy) is 1. The summed E-state index contributed by atoms with van der Waals surface area (Å²) in [6.45, 7) is 3.36. The highest BCUT2D eigenvalue weighted by Crippen LogP contribution is 2.30. The number of aromatic nitrogens is 6. The molecule has 13 heteroatoms. The van der Waals surface area contributed by atoms with Crippen molar-refractivity contribution >= 4 is 40.1 Å². The maximum absolute atomic E-state index is 13.0. The van der Waals surface area contributed by atoms with E-state index < -0.39 is 11.7 Å². The van der Waals surface area contributed by atoms with Gasteiger partial charge in [-0.2, -0.15) is 23.1 Å². The molecule has 6 rings (SSSR count). The van der Waals surface area contributed by atoms with Gasteiger partial charge in [0, 0.05) is 36.9 Å². The summed E-state index contributed by atoms with van der Waals surface area (Å²) in [4.78, 5) is 24.3. The van der Waals surface area contributed by atoms with Crippen LogP contribution in [0.25, 0.3) is 11.2 Å². The summed E-state index contributed by atoms with van der Waals surface area (Å²) in [6.07, 6.45) is 1.85. The van der Waals surface area contributed by atoms with Gasteiger partial charge in [-0.1, -0.05) is 12.1 Å². The molecule has 0 bridgehead atoms. The normalized spacial score (nSPS) is 13.9. The molecule has 0 saturated carbocycles. The van der Waals surface area contributed by atoms with E-state index in [2.05, 4.69) is 40.5 Å². The van der Waals surface area contributed by atoms with Gasteiger partial charge in [-0.15, -0.1) is 0 Å². The van der Waals surface area contributed by atoms with Crippen LogP contribution in [0.15, 0.2) is 73.4 Å². The monoisotopic (exact) mass is 547 g/mol. The van der Waals surface area contributed by atoms with Gasteiger partial charge in [-0.25, -0.2) is 9.97 Å². The number of nitrogens with one attached hydrogen (secondary N) is 2. The lowest BCUT2D eigenvalue weighted by Crippen LogP contribution is -2.36. The Kier molecular flexibility index (Phi) is 6.86. The van der Waals surface area contributed by atoms with Crippen LogP contribution in [0, 0.1) is 0 Å². The second kappa shape index (κ2) is 10.8. The molecule has 2 N–H and O–H groups in total. The van der Waals surface area contributed by atoms with E-state index in [1.807, 2.05) is 24.3 Å². The smallest absolute Gasteiger partial charge is 0.378 e. The number of rotatable bonds is 7. The number of halogens is 3. The summed E-state index contributed by atoms with van der Waals surface area (Å²) in [5, 5.41) is 6.39. The number of nitrogens with zero attached hydrogens (tertiary/aromatic N) is 7. The molecule has 4 heterocycles. The Morgan fingerprint density at radius 1 is 0.875 bits per heavy atom. The number of imidazole rings is 1. The van der Waals surface area contributed by atoms with E-state index in [-0.39, 0.29) is 12.5 Å². The number of morpholine rings is 1. The second-order valence-electron chi connectivity index (χ2n) is 9.12. The van der Waals surface area contributed by atoms with Gasteiger partial charge in [0.05, 0.1) is 37.8 Å². The molecule has 0 aliphatic carbocycles. The zero-order valence-corrected chi connectivity index (χ0v) is 21.1.